The summed E-state index contributed by atoms with van der Waals surface area (Å²) >= 11 is 0. The first-order chi connectivity index (χ1) is 16.4. The maximum atomic E-state index is 13.4. The SMILES string of the molecule is Cc1c(C#N)c(NC(=O)CN2CCN(C(=O)C3CCCCC3)CC2)n(-c2ccc(F)cc2)c1C. The Morgan fingerprint density at radius 2 is 1.71 bits per heavy atom. The molecule has 0 unspecified atom stereocenters. The molecule has 0 bridgehead atoms. The van der Waals surface area contributed by atoms with E-state index in [2.05, 4.69) is 11.4 Å². The van der Waals surface area contributed by atoms with Crippen LogP contribution < -0.4 is 5.32 Å². The van der Waals surface area contributed by atoms with Gasteiger partial charge in [-0.3, -0.25) is 19.1 Å². The molecule has 1 aromatic carbocycles. The van der Waals surface area contributed by atoms with Crippen molar-refractivity contribution in [2.24, 2.45) is 5.92 Å². The lowest BCUT2D eigenvalue weighted by Gasteiger charge is -2.36. The molecule has 1 saturated carbocycles. The topological polar surface area (TPSA) is 81.4 Å². The summed E-state index contributed by atoms with van der Waals surface area (Å²) in [7, 11) is 0. The summed E-state index contributed by atoms with van der Waals surface area (Å²) in [6.45, 7) is 6.46. The highest BCUT2D eigenvalue weighted by atomic mass is 19.1. The Hall–Kier alpha value is -3.18. The highest BCUT2D eigenvalue weighted by molar-refractivity contribution is 5.93. The first kappa shape index (κ1) is 24.0. The Morgan fingerprint density at radius 3 is 2.32 bits per heavy atom. The number of hydrogen-bond donors (Lipinski definition) is 1. The standard InChI is InChI=1S/C26H32FN5O2/c1-18-19(2)32(22-10-8-21(27)9-11-22)25(23(18)16-28)29-24(33)17-30-12-14-31(15-13-30)26(34)20-6-4-3-5-7-20/h8-11,20H,3-7,12-15,17H2,1-2H3,(H,29,33). The molecule has 1 saturated heterocycles. The highest BCUT2D eigenvalue weighted by Crippen LogP contribution is 2.30. The Labute approximate surface area is 200 Å². The predicted octanol–water partition coefficient (Wildman–Crippen LogP) is 3.77. The fourth-order valence-corrected chi connectivity index (χ4v) is 5.08. The Morgan fingerprint density at radius 1 is 1.06 bits per heavy atom. The third-order valence-electron chi connectivity index (χ3n) is 7.17. The number of halogens is 1. The lowest BCUT2D eigenvalue weighted by molar-refractivity contribution is -0.138. The molecule has 0 spiro atoms. The molecule has 1 aliphatic heterocycles. The van der Waals surface area contributed by atoms with Gasteiger partial charge in [-0.25, -0.2) is 4.39 Å². The van der Waals surface area contributed by atoms with E-state index < -0.39 is 0 Å². The minimum atomic E-state index is -0.350. The Kier molecular flexibility index (Phi) is 7.32. The zero-order chi connectivity index (χ0) is 24.2. The molecule has 1 N–H and O–H groups in total. The smallest absolute Gasteiger partial charge is 0.239 e. The van der Waals surface area contributed by atoms with Crippen molar-refractivity contribution in [1.82, 2.24) is 14.4 Å². The van der Waals surface area contributed by atoms with Crippen molar-refractivity contribution in [3.63, 3.8) is 0 Å². The predicted molar refractivity (Wildman–Crippen MR) is 128 cm³/mol. The number of aromatic nitrogens is 1. The molecular formula is C26H32FN5O2. The fraction of sp³-hybridized carbons (Fsp3) is 0.500. The normalized spacial score (nSPS) is 17.4. The number of benzene rings is 1. The summed E-state index contributed by atoms with van der Waals surface area (Å²) in [5.74, 6) is 0.270. The van der Waals surface area contributed by atoms with Gasteiger partial charge >= 0.3 is 0 Å². The van der Waals surface area contributed by atoms with Crippen molar-refractivity contribution in [2.75, 3.05) is 38.0 Å². The van der Waals surface area contributed by atoms with E-state index in [4.69, 9.17) is 0 Å². The van der Waals surface area contributed by atoms with Gasteiger partial charge in [-0.15, -0.1) is 0 Å². The van der Waals surface area contributed by atoms with Gasteiger partial charge < -0.3 is 10.2 Å². The van der Waals surface area contributed by atoms with Crippen LogP contribution in [0.1, 0.15) is 48.9 Å². The molecule has 1 aliphatic carbocycles. The highest BCUT2D eigenvalue weighted by Gasteiger charge is 2.29. The monoisotopic (exact) mass is 465 g/mol. The average Bonchev–Trinajstić information content (AvgIpc) is 3.08. The number of anilines is 1. The van der Waals surface area contributed by atoms with Crippen LogP contribution in [0.4, 0.5) is 10.2 Å². The van der Waals surface area contributed by atoms with Crippen LogP contribution >= 0.6 is 0 Å². The molecule has 2 aromatic rings. The van der Waals surface area contributed by atoms with Crippen LogP contribution in [-0.2, 0) is 9.59 Å². The van der Waals surface area contributed by atoms with E-state index in [-0.39, 0.29) is 30.1 Å². The molecule has 8 heteroatoms. The molecule has 2 aliphatic rings. The maximum Gasteiger partial charge on any atom is 0.239 e. The molecule has 0 radical (unpaired) electrons. The minimum absolute atomic E-state index is 0.165. The zero-order valence-corrected chi connectivity index (χ0v) is 19.9. The van der Waals surface area contributed by atoms with Crippen molar-refractivity contribution >= 4 is 17.6 Å². The van der Waals surface area contributed by atoms with E-state index in [0.29, 0.717) is 43.2 Å². The van der Waals surface area contributed by atoms with Crippen LogP contribution in [0.2, 0.25) is 0 Å². The first-order valence-electron chi connectivity index (χ1n) is 12.1. The van der Waals surface area contributed by atoms with Gasteiger partial charge in [0.15, 0.2) is 0 Å². The molecule has 4 rings (SSSR count). The summed E-state index contributed by atoms with van der Waals surface area (Å²) in [6, 6.07) is 8.16. The lowest BCUT2D eigenvalue weighted by atomic mass is 9.88. The Balaban J connectivity index is 1.41. The molecular weight excluding hydrogens is 433 g/mol. The van der Waals surface area contributed by atoms with Crippen molar-refractivity contribution in [3.8, 4) is 11.8 Å². The van der Waals surface area contributed by atoms with Crippen LogP contribution in [0, 0.1) is 36.9 Å². The number of carbonyl (C=O) groups excluding carboxylic acids is 2. The average molecular weight is 466 g/mol. The van der Waals surface area contributed by atoms with E-state index in [1.54, 1.807) is 16.7 Å². The largest absolute Gasteiger partial charge is 0.340 e. The van der Waals surface area contributed by atoms with E-state index in [0.717, 1.165) is 36.9 Å². The van der Waals surface area contributed by atoms with Crippen molar-refractivity contribution in [1.29, 1.82) is 5.26 Å². The van der Waals surface area contributed by atoms with Gasteiger partial charge in [-0.1, -0.05) is 19.3 Å². The second-order valence-corrected chi connectivity index (χ2v) is 9.34. The van der Waals surface area contributed by atoms with E-state index in [1.807, 2.05) is 23.6 Å². The molecule has 2 heterocycles. The number of amides is 2. The molecule has 2 amide bonds. The maximum absolute atomic E-state index is 13.4. The molecule has 7 nitrogen and oxygen atoms in total. The van der Waals surface area contributed by atoms with E-state index in [1.165, 1.54) is 18.6 Å². The molecule has 2 fully saturated rings. The van der Waals surface area contributed by atoms with E-state index >= 15 is 0 Å². The van der Waals surface area contributed by atoms with Crippen LogP contribution in [-0.4, -0.2) is 58.9 Å². The van der Waals surface area contributed by atoms with Crippen molar-refractivity contribution in [3.05, 3.63) is 46.9 Å². The number of nitrogens with zero attached hydrogens (tertiary/aromatic N) is 4. The van der Waals surface area contributed by atoms with Crippen LogP contribution in [0.25, 0.3) is 5.69 Å². The van der Waals surface area contributed by atoms with Gasteiger partial charge in [0.25, 0.3) is 0 Å². The summed E-state index contributed by atoms with van der Waals surface area (Å²) in [4.78, 5) is 29.7. The number of nitriles is 1. The second kappa shape index (κ2) is 10.4. The van der Waals surface area contributed by atoms with Gasteiger partial charge in [0.05, 0.1) is 12.1 Å². The zero-order valence-electron chi connectivity index (χ0n) is 19.9. The van der Waals surface area contributed by atoms with Crippen LogP contribution in [0.5, 0.6) is 0 Å². The lowest BCUT2D eigenvalue weighted by Crippen LogP contribution is -2.52. The molecule has 0 atom stereocenters. The number of rotatable bonds is 5. The minimum Gasteiger partial charge on any atom is -0.340 e. The number of hydrogen-bond acceptors (Lipinski definition) is 4. The van der Waals surface area contributed by atoms with Crippen molar-refractivity contribution < 1.29 is 14.0 Å². The summed E-state index contributed by atoms with van der Waals surface area (Å²) < 4.78 is 15.2. The quantitative estimate of drug-likeness (QED) is 0.729. The molecule has 34 heavy (non-hydrogen) atoms. The summed E-state index contributed by atoms with van der Waals surface area (Å²) in [6.07, 6.45) is 5.49. The van der Waals surface area contributed by atoms with E-state index in [9.17, 15) is 19.2 Å². The third-order valence-corrected chi connectivity index (χ3v) is 7.17. The fourth-order valence-electron chi connectivity index (χ4n) is 5.08. The van der Waals surface area contributed by atoms with Crippen molar-refractivity contribution in [2.45, 2.75) is 46.0 Å². The summed E-state index contributed by atoms with van der Waals surface area (Å²) in [5, 5.41) is 12.7. The van der Waals surface area contributed by atoms with Gasteiger partial charge in [0.2, 0.25) is 11.8 Å². The number of nitrogens with one attached hydrogen (secondary N) is 1. The van der Waals surface area contributed by atoms with Gasteiger partial charge in [0, 0.05) is 43.5 Å². The first-order valence-corrected chi connectivity index (χ1v) is 12.1. The van der Waals surface area contributed by atoms with Gasteiger partial charge in [-0.2, -0.15) is 5.26 Å². The molecule has 180 valence electrons. The Bertz CT molecular complexity index is 1090. The second-order valence-electron chi connectivity index (χ2n) is 9.34. The van der Waals surface area contributed by atoms with Gasteiger partial charge in [-0.05, 0) is 56.5 Å². The van der Waals surface area contributed by atoms with Crippen LogP contribution in [0.15, 0.2) is 24.3 Å². The van der Waals surface area contributed by atoms with Crippen LogP contribution in [0.3, 0.4) is 0 Å². The molecule has 1 aromatic heterocycles. The number of carbonyl (C=O) groups is 2. The summed E-state index contributed by atoms with van der Waals surface area (Å²) in [5.41, 5.74) is 2.66. The van der Waals surface area contributed by atoms with Gasteiger partial charge in [0.1, 0.15) is 17.7 Å². The third kappa shape index (κ3) is 5.00. The number of piperazine rings is 1.